The molecule has 0 aliphatic heterocycles. The van der Waals surface area contributed by atoms with Crippen LogP contribution in [0, 0.1) is 0 Å². The highest BCUT2D eigenvalue weighted by Crippen LogP contribution is 2.16. The minimum atomic E-state index is -0.351. The highest BCUT2D eigenvalue weighted by Gasteiger charge is 2.13. The summed E-state index contributed by atoms with van der Waals surface area (Å²) in [5, 5.41) is 2.74. The molecule has 0 saturated heterocycles. The van der Waals surface area contributed by atoms with E-state index in [0.717, 1.165) is 0 Å². The van der Waals surface area contributed by atoms with Gasteiger partial charge in [-0.15, -0.1) is 0 Å². The summed E-state index contributed by atoms with van der Waals surface area (Å²) in [4.78, 5) is 24.7. The second-order valence-corrected chi connectivity index (χ2v) is 4.53. The van der Waals surface area contributed by atoms with E-state index in [1.54, 1.807) is 30.5 Å². The maximum atomic E-state index is 12.2. The number of anilines is 2. The molecule has 3 N–H and O–H groups in total. The van der Waals surface area contributed by atoms with E-state index in [9.17, 15) is 4.79 Å². The molecule has 0 spiro atoms. The predicted octanol–water partition coefficient (Wildman–Crippen LogP) is 2.37. The van der Waals surface area contributed by atoms with Crippen molar-refractivity contribution in [1.29, 1.82) is 0 Å². The van der Waals surface area contributed by atoms with Crippen LogP contribution in [0.4, 0.5) is 11.5 Å². The summed E-state index contributed by atoms with van der Waals surface area (Å²) < 4.78 is 0. The lowest BCUT2D eigenvalue weighted by molar-refractivity contribution is 0.102. The molecule has 0 aliphatic rings. The van der Waals surface area contributed by atoms with Gasteiger partial charge in [0.1, 0.15) is 17.1 Å². The Hall–Kier alpha value is -3.28. The highest BCUT2D eigenvalue weighted by molar-refractivity contribution is 6.07. The summed E-state index contributed by atoms with van der Waals surface area (Å²) in [6.45, 7) is 0. The van der Waals surface area contributed by atoms with Gasteiger partial charge in [-0.2, -0.15) is 0 Å². The van der Waals surface area contributed by atoms with Crippen LogP contribution in [0.5, 0.6) is 0 Å². The van der Waals surface area contributed by atoms with Gasteiger partial charge in [0.15, 0.2) is 5.82 Å². The molecule has 2 heterocycles. The number of nitrogens with zero attached hydrogens (tertiary/aromatic N) is 3. The molecule has 0 aliphatic carbocycles. The SMILES string of the molecule is Nc1nc(-c2ccccn2)ncc1C(=O)Nc1ccccc1. The number of amides is 1. The maximum absolute atomic E-state index is 12.2. The Bertz CT molecular complexity index is 790. The van der Waals surface area contributed by atoms with Crippen LogP contribution < -0.4 is 11.1 Å². The number of pyridine rings is 1. The predicted molar refractivity (Wildman–Crippen MR) is 84.1 cm³/mol. The standard InChI is InChI=1S/C16H13N5O/c17-14-12(16(22)20-11-6-2-1-3-7-11)10-19-15(21-14)13-8-4-5-9-18-13/h1-10H,(H,20,22)(H2,17,19,21). The van der Waals surface area contributed by atoms with Gasteiger partial charge in [0.05, 0.1) is 0 Å². The molecule has 108 valence electrons. The Kier molecular flexibility index (Phi) is 3.74. The van der Waals surface area contributed by atoms with Gasteiger partial charge in [-0.25, -0.2) is 9.97 Å². The Morgan fingerprint density at radius 1 is 1.00 bits per heavy atom. The molecule has 0 saturated carbocycles. The number of nitrogen functional groups attached to an aromatic ring is 1. The molecule has 1 amide bonds. The minimum Gasteiger partial charge on any atom is -0.383 e. The third-order valence-corrected chi connectivity index (χ3v) is 2.99. The lowest BCUT2D eigenvalue weighted by Crippen LogP contribution is -2.15. The molecule has 0 atom stereocenters. The monoisotopic (exact) mass is 291 g/mol. The van der Waals surface area contributed by atoms with E-state index < -0.39 is 0 Å². The van der Waals surface area contributed by atoms with Gasteiger partial charge in [0.25, 0.3) is 5.91 Å². The highest BCUT2D eigenvalue weighted by atomic mass is 16.1. The van der Waals surface area contributed by atoms with E-state index in [4.69, 9.17) is 5.73 Å². The Morgan fingerprint density at radius 2 is 1.77 bits per heavy atom. The molecule has 0 unspecified atom stereocenters. The average molecular weight is 291 g/mol. The van der Waals surface area contributed by atoms with E-state index in [1.165, 1.54) is 6.20 Å². The van der Waals surface area contributed by atoms with Crippen molar-refractivity contribution < 1.29 is 4.79 Å². The first-order valence-electron chi connectivity index (χ1n) is 6.64. The van der Waals surface area contributed by atoms with Crippen molar-refractivity contribution in [3.63, 3.8) is 0 Å². The number of rotatable bonds is 3. The molecule has 2 aromatic heterocycles. The summed E-state index contributed by atoms with van der Waals surface area (Å²) in [5.41, 5.74) is 7.38. The number of carbonyl (C=O) groups is 1. The van der Waals surface area contributed by atoms with E-state index >= 15 is 0 Å². The van der Waals surface area contributed by atoms with Crippen molar-refractivity contribution >= 4 is 17.4 Å². The quantitative estimate of drug-likeness (QED) is 0.772. The van der Waals surface area contributed by atoms with Gasteiger partial charge in [0.2, 0.25) is 0 Å². The number of carbonyl (C=O) groups excluding carboxylic acids is 1. The number of nitrogens with one attached hydrogen (secondary N) is 1. The molecule has 0 bridgehead atoms. The van der Waals surface area contributed by atoms with Crippen molar-refractivity contribution in [3.8, 4) is 11.5 Å². The van der Waals surface area contributed by atoms with Gasteiger partial charge < -0.3 is 11.1 Å². The first-order chi connectivity index (χ1) is 10.7. The van der Waals surface area contributed by atoms with E-state index in [0.29, 0.717) is 17.2 Å². The van der Waals surface area contributed by atoms with Crippen LogP contribution in [-0.4, -0.2) is 20.9 Å². The normalized spacial score (nSPS) is 10.2. The number of nitrogens with two attached hydrogens (primary N) is 1. The maximum Gasteiger partial charge on any atom is 0.260 e. The van der Waals surface area contributed by atoms with Crippen LogP contribution in [0.3, 0.4) is 0 Å². The lowest BCUT2D eigenvalue weighted by Gasteiger charge is -2.07. The van der Waals surface area contributed by atoms with Crippen molar-refractivity contribution in [2.75, 3.05) is 11.1 Å². The molecule has 22 heavy (non-hydrogen) atoms. The number of para-hydroxylation sites is 1. The topological polar surface area (TPSA) is 93.8 Å². The van der Waals surface area contributed by atoms with Crippen molar-refractivity contribution in [2.45, 2.75) is 0 Å². The van der Waals surface area contributed by atoms with Gasteiger partial charge in [-0.3, -0.25) is 9.78 Å². The number of hydrogen-bond acceptors (Lipinski definition) is 5. The Morgan fingerprint density at radius 3 is 2.45 bits per heavy atom. The second-order valence-electron chi connectivity index (χ2n) is 4.53. The van der Waals surface area contributed by atoms with Crippen molar-refractivity contribution in [1.82, 2.24) is 15.0 Å². The fourth-order valence-corrected chi connectivity index (χ4v) is 1.91. The first-order valence-corrected chi connectivity index (χ1v) is 6.64. The third-order valence-electron chi connectivity index (χ3n) is 2.99. The Labute approximate surface area is 127 Å². The van der Waals surface area contributed by atoms with Crippen LogP contribution in [0.2, 0.25) is 0 Å². The lowest BCUT2D eigenvalue weighted by atomic mass is 10.2. The molecule has 3 aromatic rings. The summed E-state index contributed by atoms with van der Waals surface area (Å²) >= 11 is 0. The van der Waals surface area contributed by atoms with Crippen LogP contribution in [-0.2, 0) is 0 Å². The zero-order chi connectivity index (χ0) is 15.4. The van der Waals surface area contributed by atoms with E-state index in [-0.39, 0.29) is 17.3 Å². The van der Waals surface area contributed by atoms with Crippen molar-refractivity contribution in [3.05, 3.63) is 66.5 Å². The molecule has 6 heteroatoms. The summed E-state index contributed by atoms with van der Waals surface area (Å²) in [7, 11) is 0. The number of hydrogen-bond donors (Lipinski definition) is 2. The molecule has 3 rings (SSSR count). The van der Waals surface area contributed by atoms with Crippen molar-refractivity contribution in [2.24, 2.45) is 0 Å². The van der Waals surface area contributed by atoms with Gasteiger partial charge in [-0.1, -0.05) is 24.3 Å². The van der Waals surface area contributed by atoms with Crippen LogP contribution in [0.1, 0.15) is 10.4 Å². The largest absolute Gasteiger partial charge is 0.383 e. The summed E-state index contributed by atoms with van der Waals surface area (Å²) in [5.74, 6) is 0.148. The fraction of sp³-hybridized carbons (Fsp3) is 0. The third kappa shape index (κ3) is 2.90. The number of aromatic nitrogens is 3. The van der Waals surface area contributed by atoms with Crippen LogP contribution >= 0.6 is 0 Å². The van der Waals surface area contributed by atoms with Gasteiger partial charge >= 0.3 is 0 Å². The Balaban J connectivity index is 1.85. The van der Waals surface area contributed by atoms with Gasteiger partial charge in [-0.05, 0) is 24.3 Å². The molecular formula is C16H13N5O. The van der Waals surface area contributed by atoms with Crippen LogP contribution in [0.15, 0.2) is 60.9 Å². The molecule has 1 aromatic carbocycles. The molecular weight excluding hydrogens is 278 g/mol. The number of benzene rings is 1. The van der Waals surface area contributed by atoms with Gasteiger partial charge in [0, 0.05) is 18.1 Å². The second kappa shape index (κ2) is 6.01. The molecule has 6 nitrogen and oxygen atoms in total. The van der Waals surface area contributed by atoms with E-state index in [2.05, 4.69) is 20.3 Å². The van der Waals surface area contributed by atoms with Crippen LogP contribution in [0.25, 0.3) is 11.5 Å². The minimum absolute atomic E-state index is 0.115. The fourth-order valence-electron chi connectivity index (χ4n) is 1.91. The summed E-state index contributed by atoms with van der Waals surface area (Å²) in [6.07, 6.45) is 3.05. The average Bonchev–Trinajstić information content (AvgIpc) is 2.56. The zero-order valence-corrected chi connectivity index (χ0v) is 11.6. The zero-order valence-electron chi connectivity index (χ0n) is 11.6. The molecule has 0 radical (unpaired) electrons. The van der Waals surface area contributed by atoms with E-state index in [1.807, 2.05) is 24.3 Å². The molecule has 0 fully saturated rings. The smallest absolute Gasteiger partial charge is 0.260 e. The first kappa shape index (κ1) is 13.7. The summed E-state index contributed by atoms with van der Waals surface area (Å²) in [6, 6.07) is 14.5.